The topological polar surface area (TPSA) is 93.7 Å². The number of hydrogen-bond donors (Lipinski definition) is 2. The molecular formula is C22H21ClN2O5S. The second-order valence-corrected chi connectivity index (χ2v) is 8.62. The molecule has 0 aliphatic rings. The summed E-state index contributed by atoms with van der Waals surface area (Å²) in [7, 11) is -1.08. The van der Waals surface area contributed by atoms with Gasteiger partial charge in [-0.15, -0.1) is 0 Å². The first-order valence-corrected chi connectivity index (χ1v) is 11.1. The molecule has 3 rings (SSSR count). The van der Waals surface area contributed by atoms with E-state index < -0.39 is 15.9 Å². The van der Waals surface area contributed by atoms with E-state index in [-0.39, 0.29) is 22.8 Å². The Balaban J connectivity index is 1.83. The normalized spacial score (nSPS) is 11.1. The van der Waals surface area contributed by atoms with Crippen LogP contribution in [0.25, 0.3) is 0 Å². The Morgan fingerprint density at radius 3 is 2.26 bits per heavy atom. The molecular weight excluding hydrogens is 440 g/mol. The van der Waals surface area contributed by atoms with Crippen LogP contribution in [0.2, 0.25) is 5.02 Å². The van der Waals surface area contributed by atoms with Crippen LogP contribution in [0.5, 0.6) is 11.5 Å². The van der Waals surface area contributed by atoms with Crippen LogP contribution < -0.4 is 19.5 Å². The molecule has 0 spiro atoms. The molecule has 7 nitrogen and oxygen atoms in total. The van der Waals surface area contributed by atoms with E-state index in [9.17, 15) is 13.2 Å². The summed E-state index contributed by atoms with van der Waals surface area (Å²) in [6.45, 7) is 0.104. The summed E-state index contributed by atoms with van der Waals surface area (Å²) in [5.41, 5.74) is 1.39. The number of hydrogen-bond acceptors (Lipinski definition) is 5. The second-order valence-electron chi connectivity index (χ2n) is 6.48. The predicted octanol–water partition coefficient (Wildman–Crippen LogP) is 4.09. The highest BCUT2D eigenvalue weighted by molar-refractivity contribution is 7.89. The van der Waals surface area contributed by atoms with Gasteiger partial charge in [0.25, 0.3) is 5.91 Å². The van der Waals surface area contributed by atoms with Crippen molar-refractivity contribution in [2.45, 2.75) is 11.4 Å². The molecule has 0 saturated heterocycles. The monoisotopic (exact) mass is 460 g/mol. The van der Waals surface area contributed by atoms with E-state index in [0.717, 1.165) is 5.56 Å². The van der Waals surface area contributed by atoms with Gasteiger partial charge in [0, 0.05) is 17.8 Å². The van der Waals surface area contributed by atoms with Gasteiger partial charge in [-0.05, 0) is 42.0 Å². The van der Waals surface area contributed by atoms with Crippen molar-refractivity contribution in [1.29, 1.82) is 0 Å². The molecule has 31 heavy (non-hydrogen) atoms. The zero-order valence-electron chi connectivity index (χ0n) is 16.9. The smallest absolute Gasteiger partial charge is 0.255 e. The summed E-state index contributed by atoms with van der Waals surface area (Å²) in [5, 5.41) is 3.03. The van der Waals surface area contributed by atoms with Crippen molar-refractivity contribution >= 4 is 33.2 Å². The van der Waals surface area contributed by atoms with Gasteiger partial charge >= 0.3 is 0 Å². The van der Waals surface area contributed by atoms with Crippen LogP contribution in [0, 0.1) is 0 Å². The lowest BCUT2D eigenvalue weighted by Crippen LogP contribution is -2.24. The van der Waals surface area contributed by atoms with E-state index in [1.807, 2.05) is 30.3 Å². The molecule has 0 bridgehead atoms. The van der Waals surface area contributed by atoms with Gasteiger partial charge in [-0.25, -0.2) is 13.1 Å². The Labute approximate surface area is 186 Å². The fourth-order valence-electron chi connectivity index (χ4n) is 2.83. The van der Waals surface area contributed by atoms with Gasteiger partial charge in [-0.3, -0.25) is 4.79 Å². The Hall–Kier alpha value is -3.07. The summed E-state index contributed by atoms with van der Waals surface area (Å²) in [6, 6.07) is 18.1. The van der Waals surface area contributed by atoms with E-state index in [0.29, 0.717) is 16.5 Å². The van der Waals surface area contributed by atoms with E-state index in [1.54, 1.807) is 18.2 Å². The molecule has 3 aromatic rings. The molecule has 0 radical (unpaired) electrons. The van der Waals surface area contributed by atoms with Crippen molar-refractivity contribution in [3.05, 3.63) is 82.9 Å². The van der Waals surface area contributed by atoms with Gasteiger partial charge in [-0.1, -0.05) is 41.9 Å². The van der Waals surface area contributed by atoms with Crippen molar-refractivity contribution in [2.75, 3.05) is 19.5 Å². The summed E-state index contributed by atoms with van der Waals surface area (Å²) < 4.78 is 38.6. The quantitative estimate of drug-likeness (QED) is 0.528. The number of anilines is 1. The maximum atomic E-state index is 12.9. The zero-order valence-corrected chi connectivity index (χ0v) is 18.5. The van der Waals surface area contributed by atoms with Gasteiger partial charge in [0.1, 0.15) is 16.4 Å². The molecule has 0 aromatic heterocycles. The first-order chi connectivity index (χ1) is 14.8. The van der Waals surface area contributed by atoms with Gasteiger partial charge in [0.05, 0.1) is 19.2 Å². The second kappa shape index (κ2) is 9.82. The number of nitrogens with one attached hydrogen (secondary N) is 2. The number of amides is 1. The van der Waals surface area contributed by atoms with Crippen molar-refractivity contribution < 1.29 is 22.7 Å². The van der Waals surface area contributed by atoms with Crippen LogP contribution in [-0.2, 0) is 16.6 Å². The van der Waals surface area contributed by atoms with Crippen LogP contribution in [0.4, 0.5) is 5.69 Å². The van der Waals surface area contributed by atoms with Crippen LogP contribution >= 0.6 is 11.6 Å². The highest BCUT2D eigenvalue weighted by atomic mass is 35.5. The van der Waals surface area contributed by atoms with E-state index >= 15 is 0 Å². The Kier molecular flexibility index (Phi) is 7.17. The molecule has 2 N–H and O–H groups in total. The fraction of sp³-hybridized carbons (Fsp3) is 0.136. The maximum absolute atomic E-state index is 12.9. The van der Waals surface area contributed by atoms with Crippen LogP contribution in [0.15, 0.2) is 71.6 Å². The largest absolute Gasteiger partial charge is 0.495 e. The highest BCUT2D eigenvalue weighted by Gasteiger charge is 2.22. The minimum Gasteiger partial charge on any atom is -0.495 e. The summed E-state index contributed by atoms with van der Waals surface area (Å²) in [5.74, 6) is 0.106. The first-order valence-electron chi connectivity index (χ1n) is 9.20. The standard InChI is InChI=1S/C22H21ClN2O5S/c1-29-19-11-9-17(13-18(19)23)25-22(26)16-8-10-20(30-2)21(12-16)31(27,28)24-14-15-6-4-3-5-7-15/h3-13,24H,14H2,1-2H3,(H,25,26). The van der Waals surface area contributed by atoms with Crippen LogP contribution in [0.3, 0.4) is 0 Å². The lowest BCUT2D eigenvalue weighted by molar-refractivity contribution is 0.102. The Morgan fingerprint density at radius 1 is 0.935 bits per heavy atom. The van der Waals surface area contributed by atoms with Gasteiger partial charge in [-0.2, -0.15) is 0 Å². The number of carbonyl (C=O) groups excluding carboxylic acids is 1. The first kappa shape index (κ1) is 22.6. The average molecular weight is 461 g/mol. The third kappa shape index (κ3) is 5.55. The van der Waals surface area contributed by atoms with Crippen LogP contribution in [0.1, 0.15) is 15.9 Å². The van der Waals surface area contributed by atoms with Gasteiger partial charge in [0.15, 0.2) is 0 Å². The number of halogens is 1. The predicted molar refractivity (Wildman–Crippen MR) is 119 cm³/mol. The number of carbonyl (C=O) groups is 1. The molecule has 0 unspecified atom stereocenters. The van der Waals surface area contributed by atoms with Crippen molar-refractivity contribution in [3.8, 4) is 11.5 Å². The lowest BCUT2D eigenvalue weighted by Gasteiger charge is -2.13. The third-order valence-electron chi connectivity index (χ3n) is 4.43. The molecule has 0 heterocycles. The van der Waals surface area contributed by atoms with Crippen molar-refractivity contribution in [1.82, 2.24) is 4.72 Å². The number of ether oxygens (including phenoxy) is 2. The summed E-state index contributed by atoms with van der Waals surface area (Å²) in [4.78, 5) is 12.6. The SMILES string of the molecule is COc1ccc(NC(=O)c2ccc(OC)c(S(=O)(=O)NCc3ccccc3)c2)cc1Cl. The minimum absolute atomic E-state index is 0.104. The highest BCUT2D eigenvalue weighted by Crippen LogP contribution is 2.28. The van der Waals surface area contributed by atoms with E-state index in [1.165, 1.54) is 32.4 Å². The third-order valence-corrected chi connectivity index (χ3v) is 6.15. The number of sulfonamides is 1. The molecule has 9 heteroatoms. The van der Waals surface area contributed by atoms with E-state index in [4.69, 9.17) is 21.1 Å². The molecule has 3 aromatic carbocycles. The summed E-state index contributed by atoms with van der Waals surface area (Å²) >= 11 is 6.09. The molecule has 0 aliphatic heterocycles. The molecule has 162 valence electrons. The fourth-order valence-corrected chi connectivity index (χ4v) is 4.30. The molecule has 0 fully saturated rings. The number of methoxy groups -OCH3 is 2. The molecule has 1 amide bonds. The van der Waals surface area contributed by atoms with Crippen molar-refractivity contribution in [2.24, 2.45) is 0 Å². The molecule has 0 atom stereocenters. The average Bonchev–Trinajstić information content (AvgIpc) is 2.78. The number of rotatable bonds is 8. The number of benzene rings is 3. The minimum atomic E-state index is -3.94. The Morgan fingerprint density at radius 2 is 1.61 bits per heavy atom. The zero-order chi connectivity index (χ0) is 22.4. The van der Waals surface area contributed by atoms with E-state index in [2.05, 4.69) is 10.0 Å². The van der Waals surface area contributed by atoms with Crippen LogP contribution in [-0.4, -0.2) is 28.5 Å². The van der Waals surface area contributed by atoms with Gasteiger partial charge < -0.3 is 14.8 Å². The van der Waals surface area contributed by atoms with Gasteiger partial charge in [0.2, 0.25) is 10.0 Å². The Bertz CT molecular complexity index is 1180. The summed E-state index contributed by atoms with van der Waals surface area (Å²) in [6.07, 6.45) is 0. The van der Waals surface area contributed by atoms with Crippen molar-refractivity contribution in [3.63, 3.8) is 0 Å². The lowest BCUT2D eigenvalue weighted by atomic mass is 10.2. The maximum Gasteiger partial charge on any atom is 0.255 e. The molecule has 0 saturated carbocycles. The molecule has 0 aliphatic carbocycles.